The number of pyridine rings is 1. The van der Waals surface area contributed by atoms with Crippen LogP contribution in [-0.4, -0.2) is 64.1 Å². The van der Waals surface area contributed by atoms with Crippen molar-refractivity contribution in [2.24, 2.45) is 0 Å². The number of benzene rings is 1. The number of likely N-dealkylation sites (tertiary alicyclic amines) is 1. The van der Waals surface area contributed by atoms with E-state index in [1.165, 1.54) is 0 Å². The molecule has 1 saturated heterocycles. The van der Waals surface area contributed by atoms with Gasteiger partial charge in [0.25, 0.3) is 0 Å². The lowest BCUT2D eigenvalue weighted by molar-refractivity contribution is 0.222. The van der Waals surface area contributed by atoms with Crippen molar-refractivity contribution in [2.75, 3.05) is 39.0 Å². The van der Waals surface area contributed by atoms with Crippen molar-refractivity contribution in [1.82, 2.24) is 24.3 Å². The number of nitrogens with zero attached hydrogens (tertiary/aromatic N) is 5. The fourth-order valence-corrected chi connectivity index (χ4v) is 4.13. The van der Waals surface area contributed by atoms with E-state index in [1.54, 1.807) is 12.3 Å². The molecule has 1 aliphatic rings. The van der Waals surface area contributed by atoms with E-state index in [9.17, 15) is 4.79 Å². The summed E-state index contributed by atoms with van der Waals surface area (Å²) in [6, 6.07) is 7.45. The third-order valence-corrected chi connectivity index (χ3v) is 5.96. The number of halogens is 2. The van der Waals surface area contributed by atoms with Crippen molar-refractivity contribution in [3.8, 4) is 11.4 Å². The maximum absolute atomic E-state index is 12.5. The summed E-state index contributed by atoms with van der Waals surface area (Å²) in [7, 11) is 4.07. The second-order valence-electron chi connectivity index (χ2n) is 7.71. The number of carbonyl (C=O) groups excluding carboxylic acids is 1. The second kappa shape index (κ2) is 8.91. The van der Waals surface area contributed by atoms with E-state index < -0.39 is 0 Å². The number of urea groups is 1. The SMILES string of the molecule is CN(C)CCn1c(-c2cc(NC(=O)N3CCCC3)ccc2Cl)nc2ncc(Br)cc21. The third kappa shape index (κ3) is 4.45. The summed E-state index contributed by atoms with van der Waals surface area (Å²) < 4.78 is 3.02. The van der Waals surface area contributed by atoms with Crippen LogP contribution >= 0.6 is 27.5 Å². The fraction of sp³-hybridized carbons (Fsp3) is 0.381. The van der Waals surface area contributed by atoms with E-state index in [2.05, 4.69) is 35.7 Å². The van der Waals surface area contributed by atoms with Gasteiger partial charge in [-0.3, -0.25) is 0 Å². The number of hydrogen-bond donors (Lipinski definition) is 1. The Labute approximate surface area is 189 Å². The fourth-order valence-electron chi connectivity index (χ4n) is 3.61. The van der Waals surface area contributed by atoms with Gasteiger partial charge in [0.2, 0.25) is 0 Å². The van der Waals surface area contributed by atoms with Crippen molar-refractivity contribution < 1.29 is 4.79 Å². The molecule has 9 heteroatoms. The molecule has 0 bridgehead atoms. The monoisotopic (exact) mass is 490 g/mol. The van der Waals surface area contributed by atoms with Crippen LogP contribution in [0.2, 0.25) is 5.02 Å². The summed E-state index contributed by atoms with van der Waals surface area (Å²) in [4.78, 5) is 25.7. The van der Waals surface area contributed by atoms with Crippen LogP contribution < -0.4 is 5.32 Å². The van der Waals surface area contributed by atoms with Crippen molar-refractivity contribution in [2.45, 2.75) is 19.4 Å². The molecule has 7 nitrogen and oxygen atoms in total. The van der Waals surface area contributed by atoms with E-state index >= 15 is 0 Å². The molecule has 0 unspecified atom stereocenters. The van der Waals surface area contributed by atoms with Crippen LogP contribution in [0.3, 0.4) is 0 Å². The van der Waals surface area contributed by atoms with Crippen LogP contribution in [0.15, 0.2) is 34.9 Å². The maximum Gasteiger partial charge on any atom is 0.321 e. The topological polar surface area (TPSA) is 66.3 Å². The number of fused-ring (bicyclic) bond motifs is 1. The lowest BCUT2D eigenvalue weighted by Crippen LogP contribution is -2.32. The first-order valence-corrected chi connectivity index (χ1v) is 11.1. The van der Waals surface area contributed by atoms with Crippen molar-refractivity contribution >= 4 is 50.4 Å². The average molecular weight is 492 g/mol. The third-order valence-electron chi connectivity index (χ3n) is 5.19. The number of imidazole rings is 1. The van der Waals surface area contributed by atoms with Gasteiger partial charge >= 0.3 is 6.03 Å². The van der Waals surface area contributed by atoms with Gasteiger partial charge in [-0.05, 0) is 67.1 Å². The summed E-state index contributed by atoms with van der Waals surface area (Å²) in [5.74, 6) is 0.736. The molecule has 0 radical (unpaired) electrons. The van der Waals surface area contributed by atoms with Crippen molar-refractivity contribution in [3.05, 3.63) is 40.0 Å². The van der Waals surface area contributed by atoms with Gasteiger partial charge in [-0.25, -0.2) is 14.8 Å². The zero-order valence-corrected chi connectivity index (χ0v) is 19.4. The number of likely N-dealkylation sites (N-methyl/N-ethyl adjacent to an activating group) is 1. The van der Waals surface area contributed by atoms with E-state index in [4.69, 9.17) is 16.6 Å². The lowest BCUT2D eigenvalue weighted by Gasteiger charge is -2.17. The van der Waals surface area contributed by atoms with E-state index in [1.807, 2.05) is 37.2 Å². The number of amides is 2. The van der Waals surface area contributed by atoms with Crippen LogP contribution in [-0.2, 0) is 6.54 Å². The molecule has 4 rings (SSSR count). The number of nitrogens with one attached hydrogen (secondary N) is 1. The van der Waals surface area contributed by atoms with E-state index in [0.29, 0.717) is 16.4 Å². The smallest absolute Gasteiger partial charge is 0.321 e. The molecule has 1 N–H and O–H groups in total. The molecule has 1 aromatic carbocycles. The minimum Gasteiger partial charge on any atom is -0.325 e. The van der Waals surface area contributed by atoms with Gasteiger partial charge in [-0.2, -0.15) is 0 Å². The predicted octanol–water partition coefficient (Wildman–Crippen LogP) is 4.70. The minimum atomic E-state index is -0.0764. The Morgan fingerprint density at radius 1 is 1.27 bits per heavy atom. The predicted molar refractivity (Wildman–Crippen MR) is 124 cm³/mol. The molecule has 3 heterocycles. The molecule has 1 aliphatic heterocycles. The summed E-state index contributed by atoms with van der Waals surface area (Å²) in [6.45, 7) is 3.17. The molecule has 2 amide bonds. The highest BCUT2D eigenvalue weighted by Gasteiger charge is 2.20. The average Bonchev–Trinajstić information content (AvgIpc) is 3.36. The normalized spacial score (nSPS) is 14.1. The first-order chi connectivity index (χ1) is 14.4. The lowest BCUT2D eigenvalue weighted by atomic mass is 10.2. The van der Waals surface area contributed by atoms with Crippen molar-refractivity contribution in [3.63, 3.8) is 0 Å². The minimum absolute atomic E-state index is 0.0764. The van der Waals surface area contributed by atoms with Crippen LogP contribution in [0, 0.1) is 0 Å². The first-order valence-electron chi connectivity index (χ1n) is 9.95. The summed E-state index contributed by atoms with van der Waals surface area (Å²) >= 11 is 10.1. The number of anilines is 1. The Balaban J connectivity index is 1.73. The van der Waals surface area contributed by atoms with E-state index in [0.717, 1.165) is 60.4 Å². The quantitative estimate of drug-likeness (QED) is 0.562. The number of hydrogen-bond acceptors (Lipinski definition) is 4. The largest absolute Gasteiger partial charge is 0.325 e. The Morgan fingerprint density at radius 2 is 2.03 bits per heavy atom. The van der Waals surface area contributed by atoms with Crippen LogP contribution in [0.4, 0.5) is 10.5 Å². The Hall–Kier alpha value is -2.16. The second-order valence-corrected chi connectivity index (χ2v) is 9.03. The summed E-state index contributed by atoms with van der Waals surface area (Å²) in [6.07, 6.45) is 3.85. The van der Waals surface area contributed by atoms with Gasteiger partial charge in [0.15, 0.2) is 5.65 Å². The molecule has 0 atom stereocenters. The van der Waals surface area contributed by atoms with Gasteiger partial charge in [0.1, 0.15) is 5.82 Å². The molecule has 0 spiro atoms. The highest BCUT2D eigenvalue weighted by molar-refractivity contribution is 9.10. The molecule has 30 heavy (non-hydrogen) atoms. The van der Waals surface area contributed by atoms with Gasteiger partial charge in [-0.15, -0.1) is 0 Å². The van der Waals surface area contributed by atoms with Crippen molar-refractivity contribution in [1.29, 1.82) is 0 Å². The van der Waals surface area contributed by atoms with E-state index in [-0.39, 0.29) is 6.03 Å². The maximum atomic E-state index is 12.5. The number of aromatic nitrogens is 3. The summed E-state index contributed by atoms with van der Waals surface area (Å²) in [5, 5.41) is 3.57. The molecule has 1 fully saturated rings. The zero-order chi connectivity index (χ0) is 21.3. The Morgan fingerprint density at radius 3 is 2.77 bits per heavy atom. The molecule has 158 valence electrons. The molecule has 0 aliphatic carbocycles. The molecular weight excluding hydrogens is 468 g/mol. The Bertz CT molecular complexity index is 1080. The van der Waals surface area contributed by atoms with Gasteiger partial charge in [-0.1, -0.05) is 11.6 Å². The van der Waals surface area contributed by atoms with Crippen LogP contribution in [0.1, 0.15) is 12.8 Å². The molecular formula is C21H24BrClN6O. The Kier molecular flexibility index (Phi) is 6.26. The molecule has 2 aromatic heterocycles. The van der Waals surface area contributed by atoms with Crippen LogP contribution in [0.25, 0.3) is 22.6 Å². The highest BCUT2D eigenvalue weighted by atomic mass is 79.9. The van der Waals surface area contributed by atoms with Gasteiger partial charge in [0, 0.05) is 48.1 Å². The van der Waals surface area contributed by atoms with Gasteiger partial charge in [0.05, 0.1) is 10.5 Å². The number of rotatable bonds is 5. The van der Waals surface area contributed by atoms with Gasteiger partial charge < -0.3 is 19.7 Å². The number of carbonyl (C=O) groups is 1. The summed E-state index contributed by atoms with van der Waals surface area (Å²) in [5.41, 5.74) is 3.06. The zero-order valence-electron chi connectivity index (χ0n) is 17.0. The highest BCUT2D eigenvalue weighted by Crippen LogP contribution is 2.33. The standard InChI is InChI=1S/C21H24BrClN6O/c1-27(2)9-10-29-18-11-14(22)13-24-19(18)26-20(29)16-12-15(5-6-17(16)23)25-21(30)28-7-3-4-8-28/h5-6,11-13H,3-4,7-10H2,1-2H3,(H,25,30). The molecule has 3 aromatic rings. The first kappa shape index (κ1) is 21.1. The molecule has 0 saturated carbocycles. The van der Waals surface area contributed by atoms with Crippen LogP contribution in [0.5, 0.6) is 0 Å².